The lowest BCUT2D eigenvalue weighted by Crippen LogP contribution is -2.16. The Morgan fingerprint density at radius 2 is 2.12 bits per heavy atom. The summed E-state index contributed by atoms with van der Waals surface area (Å²) in [6.45, 7) is 1.46. The van der Waals surface area contributed by atoms with E-state index in [0.717, 1.165) is 0 Å². The number of aromatic carboxylic acids is 1. The Bertz CT molecular complexity index is 512. The van der Waals surface area contributed by atoms with E-state index in [1.807, 2.05) is 0 Å². The van der Waals surface area contributed by atoms with Crippen molar-refractivity contribution in [3.63, 3.8) is 0 Å². The van der Waals surface area contributed by atoms with Crippen LogP contribution in [0.2, 0.25) is 5.02 Å². The Hall–Kier alpha value is -1.27. The molecular weight excluding hydrogens is 254 g/mol. The van der Waals surface area contributed by atoms with E-state index in [1.54, 1.807) is 0 Å². The first-order valence-electron chi connectivity index (χ1n) is 4.39. The molecule has 0 aliphatic rings. The van der Waals surface area contributed by atoms with Crippen LogP contribution in [0.15, 0.2) is 18.2 Å². The maximum atomic E-state index is 11.3. The molecule has 0 saturated heterocycles. The molecule has 0 unspecified atom stereocenters. The summed E-state index contributed by atoms with van der Waals surface area (Å²) in [7, 11) is -3.50. The third-order valence-electron chi connectivity index (χ3n) is 1.86. The number of sulfonamides is 1. The molecule has 0 aromatic heterocycles. The molecule has 0 bridgehead atoms. The summed E-state index contributed by atoms with van der Waals surface area (Å²) in [5.41, 5.74) is -0.164. The van der Waals surface area contributed by atoms with Crippen LogP contribution in [0.25, 0.3) is 0 Å². The van der Waals surface area contributed by atoms with Crippen LogP contribution in [-0.2, 0) is 10.0 Å². The van der Waals surface area contributed by atoms with Gasteiger partial charge in [0.15, 0.2) is 0 Å². The molecule has 2 N–H and O–H groups in total. The van der Waals surface area contributed by atoms with E-state index in [1.165, 1.54) is 25.1 Å². The van der Waals surface area contributed by atoms with Crippen molar-refractivity contribution >= 4 is 33.3 Å². The number of carboxylic acids is 1. The standard InChI is InChI=1S/C9H10ClNO4S/c1-2-16(14,15)11-8-4-3-6(10)5-7(8)9(12)13/h3-5,11H,2H2,1H3,(H,12,13). The normalized spacial score (nSPS) is 11.1. The predicted octanol–water partition coefficient (Wildman–Crippen LogP) is 1.80. The zero-order valence-electron chi connectivity index (χ0n) is 8.40. The number of benzene rings is 1. The summed E-state index contributed by atoms with van der Waals surface area (Å²) in [4.78, 5) is 10.9. The lowest BCUT2D eigenvalue weighted by atomic mass is 10.2. The summed E-state index contributed by atoms with van der Waals surface area (Å²) in [5, 5.41) is 9.10. The summed E-state index contributed by atoms with van der Waals surface area (Å²) in [6, 6.07) is 3.93. The fourth-order valence-electron chi connectivity index (χ4n) is 1.02. The van der Waals surface area contributed by atoms with Crippen LogP contribution >= 0.6 is 11.6 Å². The first-order chi connectivity index (χ1) is 7.35. The molecule has 0 spiro atoms. The minimum Gasteiger partial charge on any atom is -0.478 e. The van der Waals surface area contributed by atoms with E-state index in [-0.39, 0.29) is 22.0 Å². The molecule has 88 valence electrons. The van der Waals surface area contributed by atoms with Gasteiger partial charge in [-0.2, -0.15) is 0 Å². The van der Waals surface area contributed by atoms with Gasteiger partial charge in [0, 0.05) is 5.02 Å². The molecule has 1 aromatic carbocycles. The molecule has 0 fully saturated rings. The van der Waals surface area contributed by atoms with Crippen LogP contribution in [0.5, 0.6) is 0 Å². The molecule has 0 aliphatic heterocycles. The Morgan fingerprint density at radius 1 is 1.50 bits per heavy atom. The number of nitrogens with one attached hydrogen (secondary N) is 1. The largest absolute Gasteiger partial charge is 0.478 e. The van der Waals surface area contributed by atoms with Crippen LogP contribution in [0.1, 0.15) is 17.3 Å². The van der Waals surface area contributed by atoms with Gasteiger partial charge in [-0.15, -0.1) is 0 Å². The Kier molecular flexibility index (Phi) is 3.77. The smallest absolute Gasteiger partial charge is 0.337 e. The molecule has 1 rings (SSSR count). The molecule has 0 atom stereocenters. The summed E-state index contributed by atoms with van der Waals surface area (Å²) in [5.74, 6) is -1.37. The average molecular weight is 264 g/mol. The highest BCUT2D eigenvalue weighted by Gasteiger charge is 2.15. The van der Waals surface area contributed by atoms with Gasteiger partial charge >= 0.3 is 5.97 Å². The molecule has 0 amide bonds. The van der Waals surface area contributed by atoms with E-state index < -0.39 is 16.0 Å². The minimum absolute atomic E-state index is 0.0127. The quantitative estimate of drug-likeness (QED) is 0.868. The number of carbonyl (C=O) groups is 1. The number of halogens is 1. The van der Waals surface area contributed by atoms with Crippen molar-refractivity contribution in [1.29, 1.82) is 0 Å². The van der Waals surface area contributed by atoms with Crippen LogP contribution in [-0.4, -0.2) is 25.2 Å². The van der Waals surface area contributed by atoms with Crippen molar-refractivity contribution in [3.8, 4) is 0 Å². The van der Waals surface area contributed by atoms with Crippen LogP contribution in [0, 0.1) is 0 Å². The Morgan fingerprint density at radius 3 is 2.62 bits per heavy atom. The zero-order chi connectivity index (χ0) is 12.3. The zero-order valence-corrected chi connectivity index (χ0v) is 9.97. The number of hydrogen-bond acceptors (Lipinski definition) is 3. The Balaban J connectivity index is 3.19. The lowest BCUT2D eigenvalue weighted by Gasteiger charge is -2.09. The van der Waals surface area contributed by atoms with E-state index in [0.29, 0.717) is 0 Å². The van der Waals surface area contributed by atoms with Gasteiger partial charge in [-0.25, -0.2) is 13.2 Å². The highest BCUT2D eigenvalue weighted by Crippen LogP contribution is 2.21. The van der Waals surface area contributed by atoms with Crippen molar-refractivity contribution in [2.75, 3.05) is 10.5 Å². The molecule has 5 nitrogen and oxygen atoms in total. The molecule has 16 heavy (non-hydrogen) atoms. The number of carboxylic acid groups (broad SMARTS) is 1. The van der Waals surface area contributed by atoms with E-state index in [4.69, 9.17) is 16.7 Å². The molecule has 1 aromatic rings. The van der Waals surface area contributed by atoms with Gasteiger partial charge in [-0.1, -0.05) is 11.6 Å². The number of rotatable bonds is 4. The molecule has 0 aliphatic carbocycles. The van der Waals surface area contributed by atoms with Crippen LogP contribution < -0.4 is 4.72 Å². The van der Waals surface area contributed by atoms with Crippen LogP contribution in [0.4, 0.5) is 5.69 Å². The van der Waals surface area contributed by atoms with E-state index in [2.05, 4.69) is 4.72 Å². The Labute approximate surface area is 98.1 Å². The first kappa shape index (κ1) is 12.8. The topological polar surface area (TPSA) is 83.5 Å². The van der Waals surface area contributed by atoms with Crippen molar-refractivity contribution in [2.45, 2.75) is 6.92 Å². The lowest BCUT2D eigenvalue weighted by molar-refractivity contribution is 0.0698. The van der Waals surface area contributed by atoms with Gasteiger partial charge in [0.05, 0.1) is 17.0 Å². The van der Waals surface area contributed by atoms with Crippen molar-refractivity contribution < 1.29 is 18.3 Å². The van der Waals surface area contributed by atoms with Crippen LogP contribution in [0.3, 0.4) is 0 Å². The third kappa shape index (κ3) is 3.11. The van der Waals surface area contributed by atoms with E-state index in [9.17, 15) is 13.2 Å². The minimum atomic E-state index is -3.50. The van der Waals surface area contributed by atoms with Crippen molar-refractivity contribution in [3.05, 3.63) is 28.8 Å². The molecule has 0 heterocycles. The van der Waals surface area contributed by atoms with Gasteiger partial charge in [0.2, 0.25) is 10.0 Å². The van der Waals surface area contributed by atoms with Gasteiger partial charge in [-0.3, -0.25) is 4.72 Å². The van der Waals surface area contributed by atoms with Gasteiger partial charge in [0.1, 0.15) is 0 Å². The first-order valence-corrected chi connectivity index (χ1v) is 6.42. The monoisotopic (exact) mass is 263 g/mol. The van der Waals surface area contributed by atoms with Gasteiger partial charge in [0.25, 0.3) is 0 Å². The van der Waals surface area contributed by atoms with Gasteiger partial charge in [-0.05, 0) is 25.1 Å². The second-order valence-electron chi connectivity index (χ2n) is 3.00. The number of anilines is 1. The molecule has 7 heteroatoms. The molecule has 0 saturated carbocycles. The summed E-state index contributed by atoms with van der Waals surface area (Å²) >= 11 is 5.63. The van der Waals surface area contributed by atoms with Gasteiger partial charge < -0.3 is 5.11 Å². The highest BCUT2D eigenvalue weighted by atomic mass is 35.5. The summed E-state index contributed by atoms with van der Waals surface area (Å²) < 4.78 is 24.8. The van der Waals surface area contributed by atoms with Crippen molar-refractivity contribution in [2.24, 2.45) is 0 Å². The van der Waals surface area contributed by atoms with E-state index >= 15 is 0 Å². The maximum Gasteiger partial charge on any atom is 0.337 e. The number of hydrogen-bond donors (Lipinski definition) is 2. The molecule has 0 radical (unpaired) electrons. The predicted molar refractivity (Wildman–Crippen MR) is 61.5 cm³/mol. The second kappa shape index (κ2) is 4.71. The molecular formula is C9H10ClNO4S. The fraction of sp³-hybridized carbons (Fsp3) is 0.222. The SMILES string of the molecule is CCS(=O)(=O)Nc1ccc(Cl)cc1C(=O)O. The summed E-state index contributed by atoms with van der Waals surface area (Å²) in [6.07, 6.45) is 0. The fourth-order valence-corrected chi connectivity index (χ4v) is 1.85. The third-order valence-corrected chi connectivity index (χ3v) is 3.38. The highest BCUT2D eigenvalue weighted by molar-refractivity contribution is 7.92. The average Bonchev–Trinajstić information content (AvgIpc) is 2.20. The van der Waals surface area contributed by atoms with Crippen molar-refractivity contribution in [1.82, 2.24) is 0 Å². The maximum absolute atomic E-state index is 11.3. The second-order valence-corrected chi connectivity index (χ2v) is 5.45.